The summed E-state index contributed by atoms with van der Waals surface area (Å²) in [6.45, 7) is 8.41. The minimum atomic E-state index is -0.101. The highest BCUT2D eigenvalue weighted by Gasteiger charge is 2.12. The molecule has 0 saturated heterocycles. The molecule has 0 spiro atoms. The zero-order valence-corrected chi connectivity index (χ0v) is 12.1. The fourth-order valence-electron chi connectivity index (χ4n) is 1.96. The average Bonchev–Trinajstić information content (AvgIpc) is 2.33. The fourth-order valence-corrected chi connectivity index (χ4v) is 1.96. The molecule has 0 unspecified atom stereocenters. The summed E-state index contributed by atoms with van der Waals surface area (Å²) in [5.74, 6) is -0.0734. The molecule has 2 amide bonds. The second-order valence-corrected chi connectivity index (χ2v) is 4.93. The van der Waals surface area contributed by atoms with Gasteiger partial charge in [-0.05, 0) is 32.9 Å². The lowest BCUT2D eigenvalue weighted by atomic mass is 10.1. The van der Waals surface area contributed by atoms with Crippen LogP contribution in [0.5, 0.6) is 0 Å². The van der Waals surface area contributed by atoms with Crippen molar-refractivity contribution in [1.29, 1.82) is 0 Å². The first-order valence-corrected chi connectivity index (χ1v) is 6.54. The van der Waals surface area contributed by atoms with Gasteiger partial charge in [0.15, 0.2) is 0 Å². The van der Waals surface area contributed by atoms with Crippen molar-refractivity contribution in [3.63, 3.8) is 0 Å². The number of hydrogen-bond acceptors (Lipinski definition) is 2. The van der Waals surface area contributed by atoms with Gasteiger partial charge >= 0.3 is 0 Å². The fraction of sp³-hybridized carbons (Fsp3) is 0.467. The molecule has 0 aliphatic carbocycles. The Labute approximate surface area is 114 Å². The van der Waals surface area contributed by atoms with Gasteiger partial charge in [-0.3, -0.25) is 9.59 Å². The van der Waals surface area contributed by atoms with Gasteiger partial charge < -0.3 is 10.2 Å². The number of carbonyl (C=O) groups excluding carboxylic acids is 2. The van der Waals surface area contributed by atoms with Gasteiger partial charge in [-0.1, -0.05) is 17.7 Å². The third-order valence-corrected chi connectivity index (χ3v) is 2.95. The molecule has 1 aromatic rings. The van der Waals surface area contributed by atoms with Crippen LogP contribution in [0.25, 0.3) is 0 Å². The van der Waals surface area contributed by atoms with Crippen LogP contribution >= 0.6 is 0 Å². The Kier molecular flexibility index (Phi) is 5.55. The molecular weight excluding hydrogens is 240 g/mol. The number of carbonyl (C=O) groups is 2. The van der Waals surface area contributed by atoms with E-state index in [4.69, 9.17) is 0 Å². The van der Waals surface area contributed by atoms with E-state index in [9.17, 15) is 9.59 Å². The van der Waals surface area contributed by atoms with E-state index in [2.05, 4.69) is 5.32 Å². The van der Waals surface area contributed by atoms with Crippen molar-refractivity contribution in [1.82, 2.24) is 10.2 Å². The highest BCUT2D eigenvalue weighted by molar-refractivity contribution is 5.94. The molecule has 0 aliphatic rings. The number of amides is 2. The minimum absolute atomic E-state index is 0.0276. The van der Waals surface area contributed by atoms with E-state index in [0.717, 1.165) is 5.56 Å². The smallest absolute Gasteiger partial charge is 0.251 e. The Balaban J connectivity index is 2.49. The Hall–Kier alpha value is -1.84. The molecule has 1 N–H and O–H groups in total. The van der Waals surface area contributed by atoms with Crippen molar-refractivity contribution in [2.75, 3.05) is 13.1 Å². The van der Waals surface area contributed by atoms with E-state index < -0.39 is 0 Å². The van der Waals surface area contributed by atoms with Crippen LogP contribution in [-0.4, -0.2) is 35.8 Å². The van der Waals surface area contributed by atoms with Gasteiger partial charge in [0, 0.05) is 31.6 Å². The third-order valence-electron chi connectivity index (χ3n) is 2.95. The quantitative estimate of drug-likeness (QED) is 0.882. The summed E-state index contributed by atoms with van der Waals surface area (Å²) in [7, 11) is 0. The second kappa shape index (κ2) is 6.92. The lowest BCUT2D eigenvalue weighted by Crippen LogP contribution is -2.41. The van der Waals surface area contributed by atoms with E-state index >= 15 is 0 Å². The molecule has 1 rings (SSSR count). The van der Waals surface area contributed by atoms with Crippen LogP contribution in [0.15, 0.2) is 24.3 Å². The molecule has 1 aromatic carbocycles. The molecule has 0 aromatic heterocycles. The normalized spacial score (nSPS) is 10.4. The van der Waals surface area contributed by atoms with E-state index in [1.165, 1.54) is 0 Å². The van der Waals surface area contributed by atoms with Crippen molar-refractivity contribution in [2.24, 2.45) is 0 Å². The van der Waals surface area contributed by atoms with Gasteiger partial charge in [0.2, 0.25) is 5.91 Å². The standard InChI is InChI=1S/C15H22N2O2/c1-11(2)17(13(4)18)9-8-16-15(19)14-7-5-6-12(3)10-14/h5-7,10-11H,8-9H2,1-4H3,(H,16,19). The number of rotatable bonds is 5. The monoisotopic (exact) mass is 262 g/mol. The summed E-state index contributed by atoms with van der Waals surface area (Å²) < 4.78 is 0. The van der Waals surface area contributed by atoms with Crippen molar-refractivity contribution >= 4 is 11.8 Å². The number of nitrogens with one attached hydrogen (secondary N) is 1. The largest absolute Gasteiger partial charge is 0.350 e. The number of hydrogen-bond donors (Lipinski definition) is 1. The maximum absolute atomic E-state index is 11.9. The molecule has 0 atom stereocenters. The van der Waals surface area contributed by atoms with Crippen LogP contribution in [0, 0.1) is 6.92 Å². The molecule has 19 heavy (non-hydrogen) atoms. The molecule has 0 radical (unpaired) electrons. The zero-order valence-electron chi connectivity index (χ0n) is 12.1. The van der Waals surface area contributed by atoms with E-state index in [1.54, 1.807) is 17.9 Å². The van der Waals surface area contributed by atoms with E-state index in [0.29, 0.717) is 18.7 Å². The first kappa shape index (κ1) is 15.2. The van der Waals surface area contributed by atoms with Crippen molar-refractivity contribution in [3.8, 4) is 0 Å². The first-order valence-electron chi connectivity index (χ1n) is 6.54. The molecule has 0 bridgehead atoms. The second-order valence-electron chi connectivity index (χ2n) is 4.93. The van der Waals surface area contributed by atoms with Gasteiger partial charge in [0.25, 0.3) is 5.91 Å². The predicted molar refractivity (Wildman–Crippen MR) is 76.0 cm³/mol. The summed E-state index contributed by atoms with van der Waals surface area (Å²) in [5.41, 5.74) is 1.71. The topological polar surface area (TPSA) is 49.4 Å². The molecule has 0 aliphatic heterocycles. The third kappa shape index (κ3) is 4.73. The van der Waals surface area contributed by atoms with Crippen LogP contribution in [-0.2, 0) is 4.79 Å². The molecule has 4 nitrogen and oxygen atoms in total. The first-order chi connectivity index (χ1) is 8.91. The summed E-state index contributed by atoms with van der Waals surface area (Å²) in [5, 5.41) is 2.83. The maximum atomic E-state index is 11.9. The van der Waals surface area contributed by atoms with E-state index in [1.807, 2.05) is 39.0 Å². The van der Waals surface area contributed by atoms with Crippen LogP contribution in [0.4, 0.5) is 0 Å². The van der Waals surface area contributed by atoms with Crippen molar-refractivity contribution in [2.45, 2.75) is 33.7 Å². The summed E-state index contributed by atoms with van der Waals surface area (Å²) in [6, 6.07) is 7.59. The highest BCUT2D eigenvalue weighted by atomic mass is 16.2. The van der Waals surface area contributed by atoms with Crippen LogP contribution in [0.3, 0.4) is 0 Å². The molecule has 0 fully saturated rings. The number of benzene rings is 1. The zero-order chi connectivity index (χ0) is 14.4. The summed E-state index contributed by atoms with van der Waals surface area (Å²) in [6.07, 6.45) is 0. The van der Waals surface area contributed by atoms with Gasteiger partial charge in [0.1, 0.15) is 0 Å². The lowest BCUT2D eigenvalue weighted by Gasteiger charge is -2.25. The predicted octanol–water partition coefficient (Wildman–Crippen LogP) is 1.98. The number of nitrogens with zero attached hydrogens (tertiary/aromatic N) is 1. The lowest BCUT2D eigenvalue weighted by molar-refractivity contribution is -0.130. The van der Waals surface area contributed by atoms with Crippen molar-refractivity contribution < 1.29 is 9.59 Å². The summed E-state index contributed by atoms with van der Waals surface area (Å²) >= 11 is 0. The Morgan fingerprint density at radius 2 is 2.00 bits per heavy atom. The molecule has 4 heteroatoms. The van der Waals surface area contributed by atoms with E-state index in [-0.39, 0.29) is 17.9 Å². The highest BCUT2D eigenvalue weighted by Crippen LogP contribution is 2.03. The van der Waals surface area contributed by atoms with Gasteiger partial charge in [-0.15, -0.1) is 0 Å². The SMILES string of the molecule is CC(=O)N(CCNC(=O)c1cccc(C)c1)C(C)C. The Morgan fingerprint density at radius 1 is 1.32 bits per heavy atom. The Morgan fingerprint density at radius 3 is 2.53 bits per heavy atom. The minimum Gasteiger partial charge on any atom is -0.350 e. The van der Waals surface area contributed by atoms with Crippen LogP contribution < -0.4 is 5.32 Å². The Bertz CT molecular complexity index is 455. The van der Waals surface area contributed by atoms with Crippen molar-refractivity contribution in [3.05, 3.63) is 35.4 Å². The molecule has 0 saturated carbocycles. The summed E-state index contributed by atoms with van der Waals surface area (Å²) in [4.78, 5) is 25.0. The van der Waals surface area contributed by atoms with Crippen LogP contribution in [0.2, 0.25) is 0 Å². The average molecular weight is 262 g/mol. The van der Waals surface area contributed by atoms with Gasteiger partial charge in [-0.2, -0.15) is 0 Å². The van der Waals surface area contributed by atoms with Crippen LogP contribution in [0.1, 0.15) is 36.7 Å². The molecular formula is C15H22N2O2. The maximum Gasteiger partial charge on any atom is 0.251 e. The molecule has 0 heterocycles. The van der Waals surface area contributed by atoms with Gasteiger partial charge in [-0.25, -0.2) is 0 Å². The molecule has 104 valence electrons. The van der Waals surface area contributed by atoms with Gasteiger partial charge in [0.05, 0.1) is 0 Å². The number of aryl methyl sites for hydroxylation is 1.